The molecule has 0 aromatic heterocycles. The van der Waals surface area contributed by atoms with Crippen molar-refractivity contribution in [2.24, 2.45) is 0 Å². The van der Waals surface area contributed by atoms with Crippen molar-refractivity contribution in [2.45, 2.75) is 12.8 Å². The lowest BCUT2D eigenvalue weighted by Gasteiger charge is -2.22. The maximum Gasteiger partial charge on any atom is 0.167 e. The van der Waals surface area contributed by atoms with Gasteiger partial charge in [0.15, 0.2) is 5.78 Å². The van der Waals surface area contributed by atoms with Crippen LogP contribution in [0.1, 0.15) is 27.0 Å². The van der Waals surface area contributed by atoms with Crippen LogP contribution in [0.15, 0.2) is 72.8 Å². The molecule has 2 nitrogen and oxygen atoms in total. The Labute approximate surface area is 135 Å². The molecule has 2 heteroatoms. The maximum absolute atomic E-state index is 12.5. The summed E-state index contributed by atoms with van der Waals surface area (Å²) in [6, 6.07) is 23.5. The topological polar surface area (TPSA) is 26.3 Å². The molecule has 0 aliphatic carbocycles. The number of carbonyl (C=O) groups excluding carboxylic acids is 1. The Hall–Kier alpha value is -2.87. The van der Waals surface area contributed by atoms with Gasteiger partial charge in [0.1, 0.15) is 11.5 Å². The minimum absolute atomic E-state index is 0.137. The molecule has 1 heterocycles. The molecule has 23 heavy (non-hydrogen) atoms. The molecule has 1 aliphatic rings. The lowest BCUT2D eigenvalue weighted by molar-refractivity contribution is 0.0992. The van der Waals surface area contributed by atoms with E-state index in [2.05, 4.69) is 6.07 Å². The van der Waals surface area contributed by atoms with Crippen molar-refractivity contribution in [1.29, 1.82) is 0 Å². The number of rotatable bonds is 3. The first-order valence-electron chi connectivity index (χ1n) is 7.76. The average molecular weight is 300 g/mol. The number of carbonyl (C=O) groups is 1. The summed E-state index contributed by atoms with van der Waals surface area (Å²) >= 11 is 0. The summed E-state index contributed by atoms with van der Waals surface area (Å²) in [6.45, 7) is 0. The van der Waals surface area contributed by atoms with Gasteiger partial charge in [-0.2, -0.15) is 0 Å². The Morgan fingerprint density at radius 2 is 1.57 bits per heavy atom. The Bertz CT molecular complexity index is 866. The summed E-state index contributed by atoms with van der Waals surface area (Å²) in [7, 11) is 0. The third kappa shape index (κ3) is 2.64. The van der Waals surface area contributed by atoms with Gasteiger partial charge in [-0.15, -0.1) is 0 Å². The van der Waals surface area contributed by atoms with E-state index in [0.29, 0.717) is 6.42 Å². The molecular weight excluding hydrogens is 284 g/mol. The van der Waals surface area contributed by atoms with Crippen molar-refractivity contribution in [1.82, 2.24) is 0 Å². The summed E-state index contributed by atoms with van der Waals surface area (Å²) in [4.78, 5) is 12.5. The molecule has 0 saturated heterocycles. The first-order valence-corrected chi connectivity index (χ1v) is 7.76. The fourth-order valence-electron chi connectivity index (χ4n) is 3.03. The molecule has 0 N–H and O–H groups in total. The fourth-order valence-corrected chi connectivity index (χ4v) is 3.03. The zero-order chi connectivity index (χ0) is 15.6. The number of Topliss-reactive ketones (excluding diaryl/α,β-unsaturated/α-hetero) is 1. The molecule has 112 valence electrons. The standard InChI is InChI=1S/C21H16O2/c22-19(15-7-2-1-3-8-15)14-16-10-6-12-21-18(16)13-17-9-4-5-11-20(17)23-21/h1-12H,13-14H2. The molecule has 0 spiro atoms. The van der Waals surface area contributed by atoms with Gasteiger partial charge in [0.2, 0.25) is 0 Å². The van der Waals surface area contributed by atoms with Crippen molar-refractivity contribution in [2.75, 3.05) is 0 Å². The summed E-state index contributed by atoms with van der Waals surface area (Å²) in [5.74, 6) is 1.91. The van der Waals surface area contributed by atoms with Crippen LogP contribution in [-0.2, 0) is 12.8 Å². The Morgan fingerprint density at radius 3 is 2.43 bits per heavy atom. The van der Waals surface area contributed by atoms with Crippen LogP contribution in [-0.4, -0.2) is 5.78 Å². The van der Waals surface area contributed by atoms with Crippen molar-refractivity contribution in [3.63, 3.8) is 0 Å². The van der Waals surface area contributed by atoms with Crippen LogP contribution in [0.4, 0.5) is 0 Å². The van der Waals surface area contributed by atoms with Crippen LogP contribution < -0.4 is 4.74 Å². The smallest absolute Gasteiger partial charge is 0.167 e. The number of ether oxygens (including phenoxy) is 1. The van der Waals surface area contributed by atoms with Crippen LogP contribution in [0.2, 0.25) is 0 Å². The molecule has 3 aromatic carbocycles. The number of fused-ring (bicyclic) bond motifs is 2. The lowest BCUT2D eigenvalue weighted by atomic mass is 9.92. The molecule has 4 rings (SSSR count). The number of benzene rings is 3. The predicted octanol–water partition coefficient (Wildman–Crippen LogP) is 4.81. The van der Waals surface area contributed by atoms with E-state index >= 15 is 0 Å². The Balaban J connectivity index is 1.66. The minimum atomic E-state index is 0.137. The number of hydrogen-bond acceptors (Lipinski definition) is 2. The van der Waals surface area contributed by atoms with E-state index in [1.807, 2.05) is 66.7 Å². The molecule has 0 amide bonds. The van der Waals surface area contributed by atoms with Gasteiger partial charge in [0.05, 0.1) is 0 Å². The van der Waals surface area contributed by atoms with E-state index in [4.69, 9.17) is 4.74 Å². The highest BCUT2D eigenvalue weighted by Crippen LogP contribution is 2.38. The van der Waals surface area contributed by atoms with E-state index in [0.717, 1.165) is 34.6 Å². The van der Waals surface area contributed by atoms with Crippen molar-refractivity contribution < 1.29 is 9.53 Å². The monoisotopic (exact) mass is 300 g/mol. The Morgan fingerprint density at radius 1 is 0.826 bits per heavy atom. The SMILES string of the molecule is O=C(Cc1cccc2c1Cc1ccccc1O2)c1ccccc1. The van der Waals surface area contributed by atoms with Gasteiger partial charge in [-0.1, -0.05) is 60.7 Å². The van der Waals surface area contributed by atoms with Crippen LogP contribution in [0.5, 0.6) is 11.5 Å². The van der Waals surface area contributed by atoms with Gasteiger partial charge in [-0.3, -0.25) is 4.79 Å². The predicted molar refractivity (Wildman–Crippen MR) is 90.2 cm³/mol. The maximum atomic E-state index is 12.5. The fraction of sp³-hybridized carbons (Fsp3) is 0.0952. The zero-order valence-electron chi connectivity index (χ0n) is 12.7. The molecule has 0 bridgehead atoms. The van der Waals surface area contributed by atoms with E-state index in [1.54, 1.807) is 0 Å². The van der Waals surface area contributed by atoms with Gasteiger partial charge in [-0.25, -0.2) is 0 Å². The minimum Gasteiger partial charge on any atom is -0.457 e. The van der Waals surface area contributed by atoms with Crippen LogP contribution in [0.25, 0.3) is 0 Å². The molecule has 0 saturated carbocycles. The van der Waals surface area contributed by atoms with E-state index in [9.17, 15) is 4.79 Å². The van der Waals surface area contributed by atoms with Crippen molar-refractivity contribution in [3.05, 3.63) is 95.1 Å². The lowest BCUT2D eigenvalue weighted by Crippen LogP contribution is -2.10. The van der Waals surface area contributed by atoms with E-state index < -0.39 is 0 Å². The van der Waals surface area contributed by atoms with Crippen LogP contribution >= 0.6 is 0 Å². The highest BCUT2D eigenvalue weighted by Gasteiger charge is 2.20. The van der Waals surface area contributed by atoms with E-state index in [1.165, 1.54) is 5.56 Å². The molecule has 1 aliphatic heterocycles. The van der Waals surface area contributed by atoms with Gasteiger partial charge in [0.25, 0.3) is 0 Å². The van der Waals surface area contributed by atoms with Gasteiger partial charge in [-0.05, 0) is 23.3 Å². The van der Waals surface area contributed by atoms with Gasteiger partial charge < -0.3 is 4.74 Å². The molecular formula is C21H16O2. The molecule has 0 atom stereocenters. The summed E-state index contributed by atoms with van der Waals surface area (Å²) in [5.41, 5.74) is 4.09. The molecule has 0 unspecified atom stereocenters. The number of ketones is 1. The van der Waals surface area contributed by atoms with Gasteiger partial charge in [0, 0.05) is 24.0 Å². The number of hydrogen-bond donors (Lipinski definition) is 0. The van der Waals surface area contributed by atoms with Crippen molar-refractivity contribution >= 4 is 5.78 Å². The van der Waals surface area contributed by atoms with Crippen LogP contribution in [0.3, 0.4) is 0 Å². The molecule has 0 fully saturated rings. The van der Waals surface area contributed by atoms with Crippen LogP contribution in [0, 0.1) is 0 Å². The summed E-state index contributed by atoms with van der Waals surface area (Å²) < 4.78 is 5.99. The Kier molecular flexibility index (Phi) is 3.43. The largest absolute Gasteiger partial charge is 0.457 e. The summed E-state index contributed by atoms with van der Waals surface area (Å²) in [5, 5.41) is 0. The average Bonchev–Trinajstić information content (AvgIpc) is 2.61. The highest BCUT2D eigenvalue weighted by molar-refractivity contribution is 5.97. The third-order valence-electron chi connectivity index (χ3n) is 4.24. The second-order valence-corrected chi connectivity index (χ2v) is 5.75. The first-order chi connectivity index (χ1) is 11.3. The molecule has 3 aromatic rings. The second kappa shape index (κ2) is 5.73. The number of para-hydroxylation sites is 1. The quantitative estimate of drug-likeness (QED) is 0.508. The second-order valence-electron chi connectivity index (χ2n) is 5.75. The molecule has 0 radical (unpaired) electrons. The van der Waals surface area contributed by atoms with Crippen molar-refractivity contribution in [3.8, 4) is 11.5 Å². The summed E-state index contributed by atoms with van der Waals surface area (Å²) in [6.07, 6.45) is 1.21. The first kappa shape index (κ1) is 13.8. The highest BCUT2D eigenvalue weighted by atomic mass is 16.5. The zero-order valence-corrected chi connectivity index (χ0v) is 12.7. The normalized spacial score (nSPS) is 12.0. The van der Waals surface area contributed by atoms with E-state index in [-0.39, 0.29) is 5.78 Å². The van der Waals surface area contributed by atoms with Gasteiger partial charge >= 0.3 is 0 Å². The third-order valence-corrected chi connectivity index (χ3v) is 4.24.